The third kappa shape index (κ3) is 12.0. The number of halogens is 2. The Kier molecular flexibility index (Phi) is 16.5. The van der Waals surface area contributed by atoms with Gasteiger partial charge in [-0.15, -0.1) is 0 Å². The minimum atomic E-state index is -1.49. The fraction of sp³-hybridized carbons (Fsp3) is 0.564. The Bertz CT molecular complexity index is 1590. The Labute approximate surface area is 314 Å². The maximum atomic E-state index is 14.4. The fourth-order valence-corrected chi connectivity index (χ4v) is 6.30. The molecule has 2 heterocycles. The van der Waals surface area contributed by atoms with E-state index >= 15 is 0 Å². The number of Topliss-reactive ketones (excluding diaryl/α,β-unsaturated/α-hetero) is 1. The lowest BCUT2D eigenvalue weighted by atomic mass is 9.84. The van der Waals surface area contributed by atoms with E-state index in [1.807, 2.05) is 0 Å². The minimum absolute atomic E-state index is 0.0312. The summed E-state index contributed by atoms with van der Waals surface area (Å²) in [5.41, 5.74) is 3.62. The Morgan fingerprint density at radius 3 is 2.41 bits per heavy atom. The first-order valence-corrected chi connectivity index (χ1v) is 18.3. The van der Waals surface area contributed by atoms with Gasteiger partial charge in [-0.2, -0.15) is 4.39 Å². The molecule has 54 heavy (non-hydrogen) atoms. The van der Waals surface area contributed by atoms with Gasteiger partial charge >= 0.3 is 5.97 Å². The molecule has 0 aliphatic carbocycles. The van der Waals surface area contributed by atoms with E-state index in [4.69, 9.17) is 4.74 Å². The molecular weight excluding hydrogens is 706 g/mol. The molecule has 3 rings (SSSR count). The highest BCUT2D eigenvalue weighted by Gasteiger charge is 2.38. The van der Waals surface area contributed by atoms with E-state index in [2.05, 4.69) is 16.1 Å². The third-order valence-electron chi connectivity index (χ3n) is 9.87. The van der Waals surface area contributed by atoms with Gasteiger partial charge in [-0.05, 0) is 69.2 Å². The van der Waals surface area contributed by atoms with E-state index in [1.165, 1.54) is 13.0 Å². The number of carbonyl (C=O) groups excluding carboxylic acids is 5. The average Bonchev–Trinajstić information content (AvgIpc) is 3.13. The zero-order valence-corrected chi connectivity index (χ0v) is 31.7. The number of rotatable bonds is 7. The van der Waals surface area contributed by atoms with E-state index in [1.54, 1.807) is 58.9 Å². The fourth-order valence-electron chi connectivity index (χ4n) is 6.30. The number of phenolic OH excluding ortho intramolecular Hbond substituents is 1. The Morgan fingerprint density at radius 2 is 1.78 bits per heavy atom. The van der Waals surface area contributed by atoms with E-state index in [0.29, 0.717) is 12.8 Å². The van der Waals surface area contributed by atoms with Gasteiger partial charge in [0, 0.05) is 31.7 Å². The van der Waals surface area contributed by atoms with Crippen molar-refractivity contribution < 1.29 is 52.8 Å². The van der Waals surface area contributed by atoms with Crippen molar-refractivity contribution >= 4 is 29.5 Å². The van der Waals surface area contributed by atoms with Crippen LogP contribution in [0.5, 0.6) is 5.75 Å². The number of esters is 1. The number of ketones is 1. The van der Waals surface area contributed by atoms with E-state index in [0.717, 1.165) is 22.7 Å². The van der Waals surface area contributed by atoms with E-state index in [-0.39, 0.29) is 37.2 Å². The lowest BCUT2D eigenvalue weighted by molar-refractivity contribution is -0.156. The second-order valence-corrected chi connectivity index (χ2v) is 14.4. The largest absolute Gasteiger partial charge is 0.505 e. The molecule has 0 saturated carbocycles. The van der Waals surface area contributed by atoms with Gasteiger partial charge in [-0.1, -0.05) is 51.2 Å². The van der Waals surface area contributed by atoms with Crippen molar-refractivity contribution in [1.82, 2.24) is 21.1 Å². The van der Waals surface area contributed by atoms with Gasteiger partial charge in [0.25, 0.3) is 5.91 Å². The minimum Gasteiger partial charge on any atom is -0.505 e. The number of aromatic hydroxyl groups is 1. The Hall–Kier alpha value is -4.47. The molecule has 2 bridgehead atoms. The molecule has 1 unspecified atom stereocenters. The van der Waals surface area contributed by atoms with Gasteiger partial charge in [-0.3, -0.25) is 24.2 Å². The van der Waals surface area contributed by atoms with Crippen molar-refractivity contribution in [1.29, 1.82) is 0 Å². The number of fused-ring (bicyclic) bond motifs is 2. The van der Waals surface area contributed by atoms with Gasteiger partial charge in [-0.25, -0.2) is 9.82 Å². The molecule has 6 N–H and O–H groups in total. The molecule has 0 radical (unpaired) electrons. The van der Waals surface area contributed by atoms with Crippen LogP contribution in [0, 0.1) is 29.4 Å². The van der Waals surface area contributed by atoms with Crippen molar-refractivity contribution in [2.75, 3.05) is 6.54 Å². The first kappa shape index (κ1) is 43.9. The summed E-state index contributed by atoms with van der Waals surface area (Å²) in [5, 5.41) is 38.7. The molecule has 15 heteroatoms. The predicted octanol–water partition coefficient (Wildman–Crippen LogP) is 3.07. The van der Waals surface area contributed by atoms with E-state index in [9.17, 15) is 48.1 Å². The number of aliphatic hydroxyl groups excluding tert-OH is 2. The van der Waals surface area contributed by atoms with Gasteiger partial charge in [0.15, 0.2) is 17.4 Å². The first-order chi connectivity index (χ1) is 25.4. The van der Waals surface area contributed by atoms with Crippen LogP contribution in [-0.2, 0) is 35.1 Å². The average molecular weight is 761 g/mol. The molecule has 1 saturated heterocycles. The van der Waals surface area contributed by atoms with Gasteiger partial charge in [0.2, 0.25) is 11.8 Å². The van der Waals surface area contributed by atoms with Crippen molar-refractivity contribution in [2.45, 2.75) is 117 Å². The predicted molar refractivity (Wildman–Crippen MR) is 195 cm³/mol. The zero-order chi connectivity index (χ0) is 40.3. The summed E-state index contributed by atoms with van der Waals surface area (Å²) in [7, 11) is 0. The number of hydrogen-bond acceptors (Lipinski definition) is 10. The zero-order valence-electron chi connectivity index (χ0n) is 31.7. The summed E-state index contributed by atoms with van der Waals surface area (Å²) >= 11 is 0. The number of allylic oxidation sites excluding steroid dienone is 3. The molecule has 0 aromatic heterocycles. The number of ether oxygens (including phenoxy) is 1. The molecule has 8 atom stereocenters. The highest BCUT2D eigenvalue weighted by Crippen LogP contribution is 2.25. The van der Waals surface area contributed by atoms with Crippen molar-refractivity contribution in [3.63, 3.8) is 0 Å². The number of benzene rings is 1. The van der Waals surface area contributed by atoms with Crippen LogP contribution < -0.4 is 16.1 Å². The van der Waals surface area contributed by atoms with Crippen LogP contribution >= 0.6 is 0 Å². The van der Waals surface area contributed by atoms with Crippen molar-refractivity contribution in [2.24, 2.45) is 17.8 Å². The molecule has 3 amide bonds. The highest BCUT2D eigenvalue weighted by atomic mass is 19.2. The summed E-state index contributed by atoms with van der Waals surface area (Å²) in [6, 6.07) is -1.99. The van der Waals surface area contributed by atoms with Crippen LogP contribution in [0.25, 0.3) is 0 Å². The number of hydrazine groups is 1. The normalized spacial score (nSPS) is 29.7. The van der Waals surface area contributed by atoms with Gasteiger partial charge in [0.05, 0.1) is 18.1 Å². The van der Waals surface area contributed by atoms with Crippen LogP contribution in [-0.4, -0.2) is 92.8 Å². The lowest BCUT2D eigenvalue weighted by Crippen LogP contribution is -2.62. The number of amides is 3. The Balaban J connectivity index is 2.09. The number of aliphatic hydroxyl groups is 2. The third-order valence-corrected chi connectivity index (χ3v) is 9.87. The number of carbonyl (C=O) groups is 5. The number of phenols is 1. The number of nitrogens with zero attached hydrogens (tertiary/aromatic N) is 1. The number of nitrogens with one attached hydrogen (secondary N) is 3. The standard InChI is InChI=1S/C39H54F2N4O9/c1-7-22(4)32-14-10-8-9-13-30(47)24(6)35(49)26(16-15-23(5)46)36(50)43-34(21(2)3)37(51)42-29(19-25-18-27(40)33(41)31(48)20-25)38(52)45-17-11-12-28(44-45)39(53)54-32/h7-10,13,18,20-21,24,26,28-30,32,34-35,44,47-49H,11-12,14-17,19H2,1-6H3,(H,42,51)(H,43,50)/b10-8+,13-9+,22-7+/t24-,26+,28?,29-,30-,32-,34-,35+/m0/s1. The summed E-state index contributed by atoms with van der Waals surface area (Å²) in [5.74, 6) is -9.75. The van der Waals surface area contributed by atoms with Crippen LogP contribution in [0.3, 0.4) is 0 Å². The van der Waals surface area contributed by atoms with Crippen LogP contribution in [0.4, 0.5) is 8.78 Å². The highest BCUT2D eigenvalue weighted by molar-refractivity contribution is 5.93. The summed E-state index contributed by atoms with van der Waals surface area (Å²) < 4.78 is 34.2. The maximum Gasteiger partial charge on any atom is 0.325 e. The van der Waals surface area contributed by atoms with Crippen LogP contribution in [0.2, 0.25) is 0 Å². The molecular formula is C39H54F2N4O9. The van der Waals surface area contributed by atoms with Crippen LogP contribution in [0.15, 0.2) is 48.1 Å². The Morgan fingerprint density at radius 1 is 1.07 bits per heavy atom. The maximum absolute atomic E-state index is 14.4. The smallest absolute Gasteiger partial charge is 0.325 e. The summed E-state index contributed by atoms with van der Waals surface area (Å²) in [6.07, 6.45) is 5.28. The molecule has 2 aliphatic rings. The molecule has 1 aromatic carbocycles. The van der Waals surface area contributed by atoms with Gasteiger partial charge in [0.1, 0.15) is 30.0 Å². The first-order valence-electron chi connectivity index (χ1n) is 18.3. The molecule has 1 fully saturated rings. The SMILES string of the molecule is C/C=C(\C)[C@@H]1C/C=C/C=C/[C@H](O)[C@H](C)[C@@H](O)[C@@H](CCC(C)=O)C(=O)N[C@@H](C(C)C)C(=O)N[C@@H](Cc2cc(O)c(F)c(F)c2)C(=O)N2CCCC(N2)C(=O)O1. The van der Waals surface area contributed by atoms with Crippen molar-refractivity contribution in [3.05, 3.63) is 65.3 Å². The molecule has 298 valence electrons. The second kappa shape index (κ2) is 20.3. The molecule has 0 spiro atoms. The monoisotopic (exact) mass is 760 g/mol. The topological polar surface area (TPSA) is 195 Å². The quantitative estimate of drug-likeness (QED) is 0.178. The number of hydrogen-bond donors (Lipinski definition) is 6. The summed E-state index contributed by atoms with van der Waals surface area (Å²) in [4.78, 5) is 67.3. The lowest BCUT2D eigenvalue weighted by Gasteiger charge is -2.36. The van der Waals surface area contributed by atoms with Crippen LogP contribution in [0.1, 0.15) is 79.2 Å². The molecule has 2 aliphatic heterocycles. The second-order valence-electron chi connectivity index (χ2n) is 14.4. The summed E-state index contributed by atoms with van der Waals surface area (Å²) in [6.45, 7) is 9.87. The number of cyclic esters (lactones) is 1. The molecule has 13 nitrogen and oxygen atoms in total. The van der Waals surface area contributed by atoms with E-state index < -0.39 is 102 Å². The van der Waals surface area contributed by atoms with Gasteiger partial charge < -0.3 is 35.5 Å². The molecule has 1 aromatic rings. The van der Waals surface area contributed by atoms with Crippen molar-refractivity contribution in [3.8, 4) is 5.75 Å².